The third-order valence-electron chi connectivity index (χ3n) is 4.01. The van der Waals surface area contributed by atoms with Gasteiger partial charge in [-0.05, 0) is 31.5 Å². The van der Waals surface area contributed by atoms with E-state index in [4.69, 9.17) is 9.47 Å². The molecule has 1 aromatic carbocycles. The summed E-state index contributed by atoms with van der Waals surface area (Å²) in [5, 5.41) is 4.39. The molecule has 0 saturated heterocycles. The SMILES string of the molecule is CCc1cc2c(SC(C)C(=O)Nc3cc(OC)ccc3OC)ncnc2s1. The van der Waals surface area contributed by atoms with Gasteiger partial charge in [0, 0.05) is 16.3 Å². The predicted octanol–water partition coefficient (Wildman–Crippen LogP) is 4.39. The van der Waals surface area contributed by atoms with E-state index in [0.717, 1.165) is 21.7 Å². The second kappa shape index (κ2) is 8.58. The first kappa shape index (κ1) is 19.4. The number of ether oxygens (including phenoxy) is 2. The molecule has 27 heavy (non-hydrogen) atoms. The fourth-order valence-electron chi connectivity index (χ4n) is 2.52. The maximum Gasteiger partial charge on any atom is 0.237 e. The zero-order valence-corrected chi connectivity index (χ0v) is 17.2. The third-order valence-corrected chi connectivity index (χ3v) is 6.32. The van der Waals surface area contributed by atoms with E-state index in [1.807, 2.05) is 6.92 Å². The van der Waals surface area contributed by atoms with Crippen LogP contribution < -0.4 is 14.8 Å². The third kappa shape index (κ3) is 4.33. The van der Waals surface area contributed by atoms with E-state index in [-0.39, 0.29) is 11.2 Å². The van der Waals surface area contributed by atoms with Gasteiger partial charge in [0.25, 0.3) is 0 Å². The molecule has 1 amide bonds. The Labute approximate surface area is 166 Å². The summed E-state index contributed by atoms with van der Waals surface area (Å²) in [4.78, 5) is 23.6. The van der Waals surface area contributed by atoms with Crippen LogP contribution in [0.2, 0.25) is 0 Å². The highest BCUT2D eigenvalue weighted by Crippen LogP contribution is 2.34. The van der Waals surface area contributed by atoms with Gasteiger partial charge < -0.3 is 14.8 Å². The molecule has 0 radical (unpaired) electrons. The van der Waals surface area contributed by atoms with Crippen molar-refractivity contribution in [1.82, 2.24) is 9.97 Å². The molecule has 3 rings (SSSR count). The van der Waals surface area contributed by atoms with Crippen LogP contribution >= 0.6 is 23.1 Å². The lowest BCUT2D eigenvalue weighted by Crippen LogP contribution is -2.22. The largest absolute Gasteiger partial charge is 0.497 e. The van der Waals surface area contributed by atoms with Crippen LogP contribution in [0.3, 0.4) is 0 Å². The van der Waals surface area contributed by atoms with Crippen molar-refractivity contribution in [2.45, 2.75) is 30.5 Å². The second-order valence-corrected chi connectivity index (χ2v) is 8.22. The number of carbonyl (C=O) groups excluding carboxylic acids is 1. The predicted molar refractivity (Wildman–Crippen MR) is 110 cm³/mol. The highest BCUT2D eigenvalue weighted by atomic mass is 32.2. The summed E-state index contributed by atoms with van der Waals surface area (Å²) in [6.45, 7) is 3.97. The number of thiophene rings is 1. The average Bonchev–Trinajstić information content (AvgIpc) is 3.12. The Morgan fingerprint density at radius 1 is 1.26 bits per heavy atom. The van der Waals surface area contributed by atoms with Gasteiger partial charge in [-0.3, -0.25) is 4.79 Å². The highest BCUT2D eigenvalue weighted by Gasteiger charge is 2.19. The van der Waals surface area contributed by atoms with Crippen LogP contribution in [0.1, 0.15) is 18.7 Å². The van der Waals surface area contributed by atoms with Gasteiger partial charge in [-0.2, -0.15) is 0 Å². The lowest BCUT2D eigenvalue weighted by Gasteiger charge is -2.15. The first-order valence-corrected chi connectivity index (χ1v) is 10.2. The van der Waals surface area contributed by atoms with Crippen molar-refractivity contribution in [3.05, 3.63) is 35.5 Å². The molecule has 1 unspecified atom stereocenters. The molecule has 2 heterocycles. The number of fused-ring (bicyclic) bond motifs is 1. The molecule has 0 saturated carbocycles. The van der Waals surface area contributed by atoms with Crippen molar-refractivity contribution in [2.24, 2.45) is 0 Å². The van der Waals surface area contributed by atoms with Crippen molar-refractivity contribution in [3.8, 4) is 11.5 Å². The van der Waals surface area contributed by atoms with Gasteiger partial charge in [-0.1, -0.05) is 18.7 Å². The minimum atomic E-state index is -0.344. The van der Waals surface area contributed by atoms with E-state index >= 15 is 0 Å². The van der Waals surface area contributed by atoms with Gasteiger partial charge in [0.2, 0.25) is 5.91 Å². The van der Waals surface area contributed by atoms with Crippen LogP contribution in [0.5, 0.6) is 11.5 Å². The first-order valence-electron chi connectivity index (χ1n) is 8.48. The summed E-state index contributed by atoms with van der Waals surface area (Å²) < 4.78 is 10.5. The quantitative estimate of drug-likeness (QED) is 0.466. The van der Waals surface area contributed by atoms with Crippen LogP contribution in [0, 0.1) is 0 Å². The zero-order valence-electron chi connectivity index (χ0n) is 15.6. The van der Waals surface area contributed by atoms with Gasteiger partial charge in [-0.25, -0.2) is 9.97 Å². The lowest BCUT2D eigenvalue weighted by atomic mass is 10.2. The number of amides is 1. The van der Waals surface area contributed by atoms with E-state index in [2.05, 4.69) is 28.3 Å². The van der Waals surface area contributed by atoms with Gasteiger partial charge in [0.1, 0.15) is 27.7 Å². The Kier molecular flexibility index (Phi) is 6.18. The molecule has 1 atom stereocenters. The number of benzene rings is 1. The smallest absolute Gasteiger partial charge is 0.237 e. The number of aryl methyl sites for hydroxylation is 1. The Bertz CT molecular complexity index is 959. The zero-order chi connectivity index (χ0) is 19.4. The van der Waals surface area contributed by atoms with Gasteiger partial charge in [0.05, 0.1) is 25.2 Å². The van der Waals surface area contributed by atoms with E-state index < -0.39 is 0 Å². The van der Waals surface area contributed by atoms with E-state index in [9.17, 15) is 4.79 Å². The van der Waals surface area contributed by atoms with Crippen molar-refractivity contribution in [2.75, 3.05) is 19.5 Å². The Morgan fingerprint density at radius 3 is 2.78 bits per heavy atom. The molecule has 142 valence electrons. The molecule has 8 heteroatoms. The van der Waals surface area contributed by atoms with Crippen LogP contribution in [0.25, 0.3) is 10.2 Å². The highest BCUT2D eigenvalue weighted by molar-refractivity contribution is 8.00. The molecule has 6 nitrogen and oxygen atoms in total. The summed E-state index contributed by atoms with van der Waals surface area (Å²) in [5.41, 5.74) is 0.575. The maximum atomic E-state index is 12.7. The molecule has 2 aromatic heterocycles. The summed E-state index contributed by atoms with van der Waals surface area (Å²) in [5.74, 6) is 1.09. The second-order valence-electron chi connectivity index (χ2n) is 5.78. The number of carbonyl (C=O) groups is 1. The van der Waals surface area contributed by atoms with E-state index in [0.29, 0.717) is 17.2 Å². The minimum absolute atomic E-state index is 0.135. The van der Waals surface area contributed by atoms with Crippen LogP contribution in [-0.4, -0.2) is 35.3 Å². The number of hydrogen-bond acceptors (Lipinski definition) is 7. The van der Waals surface area contributed by atoms with Crippen molar-refractivity contribution >= 4 is 44.9 Å². The van der Waals surface area contributed by atoms with Crippen molar-refractivity contribution < 1.29 is 14.3 Å². The number of anilines is 1. The normalized spacial score (nSPS) is 12.0. The number of methoxy groups -OCH3 is 2. The number of rotatable bonds is 7. The molecule has 0 spiro atoms. The molecule has 0 aliphatic carbocycles. The Balaban J connectivity index is 1.78. The Morgan fingerprint density at radius 2 is 2.07 bits per heavy atom. The number of nitrogens with zero attached hydrogens (tertiary/aromatic N) is 2. The molecule has 0 bridgehead atoms. The van der Waals surface area contributed by atoms with Crippen LogP contribution in [0.4, 0.5) is 5.69 Å². The Hall–Kier alpha value is -2.32. The first-order chi connectivity index (χ1) is 13.0. The molecule has 0 fully saturated rings. The average molecular weight is 404 g/mol. The molecular weight excluding hydrogens is 382 g/mol. The van der Waals surface area contributed by atoms with Gasteiger partial charge in [-0.15, -0.1) is 11.3 Å². The lowest BCUT2D eigenvalue weighted by molar-refractivity contribution is -0.115. The van der Waals surface area contributed by atoms with E-state index in [1.54, 1.807) is 50.1 Å². The summed E-state index contributed by atoms with van der Waals surface area (Å²) in [7, 11) is 3.15. The summed E-state index contributed by atoms with van der Waals surface area (Å²) in [6.07, 6.45) is 2.51. The van der Waals surface area contributed by atoms with Gasteiger partial charge in [0.15, 0.2) is 0 Å². The monoisotopic (exact) mass is 403 g/mol. The minimum Gasteiger partial charge on any atom is -0.497 e. The summed E-state index contributed by atoms with van der Waals surface area (Å²) in [6, 6.07) is 7.39. The number of aromatic nitrogens is 2. The van der Waals surface area contributed by atoms with E-state index in [1.165, 1.54) is 16.6 Å². The number of thioether (sulfide) groups is 1. The topological polar surface area (TPSA) is 73.3 Å². The van der Waals surface area contributed by atoms with Crippen molar-refractivity contribution in [1.29, 1.82) is 0 Å². The van der Waals surface area contributed by atoms with Gasteiger partial charge >= 0.3 is 0 Å². The fourth-order valence-corrected chi connectivity index (χ4v) is 4.41. The van der Waals surface area contributed by atoms with Crippen molar-refractivity contribution in [3.63, 3.8) is 0 Å². The van der Waals surface area contributed by atoms with Crippen LogP contribution in [0.15, 0.2) is 35.6 Å². The molecule has 0 aliphatic heterocycles. The molecule has 3 aromatic rings. The summed E-state index contributed by atoms with van der Waals surface area (Å²) >= 11 is 3.08. The molecular formula is C19H21N3O3S2. The molecule has 0 aliphatic rings. The van der Waals surface area contributed by atoms with Crippen LogP contribution in [-0.2, 0) is 11.2 Å². The number of hydrogen-bond donors (Lipinski definition) is 1. The standard InChI is InChI=1S/C19H21N3O3S2/c1-5-13-9-14-18(20-10-21-19(14)27-13)26-11(2)17(23)22-15-8-12(24-3)6-7-16(15)25-4/h6-11H,5H2,1-4H3,(H,22,23). The number of nitrogens with one attached hydrogen (secondary N) is 1. The maximum absolute atomic E-state index is 12.7. The molecule has 1 N–H and O–H groups in total. The fraction of sp³-hybridized carbons (Fsp3) is 0.316.